The molecule has 1 amide bonds. The topological polar surface area (TPSA) is 45.5 Å². The van der Waals surface area contributed by atoms with Crippen LogP contribution in [0.2, 0.25) is 0 Å². The Morgan fingerprint density at radius 3 is 2.40 bits per heavy atom. The standard InChI is InChI=1S/C21H28N2O2/c1-4-23(5-2)21(24)17-8-6-16(7-9-17)13-22-14-18-10-11-20(25-18)19-12-15(19)3/h6-11,15,19,22H,4-5,12-14H2,1-3H3. The summed E-state index contributed by atoms with van der Waals surface area (Å²) in [6.45, 7) is 9.23. The van der Waals surface area contributed by atoms with Gasteiger partial charge < -0.3 is 14.6 Å². The molecule has 0 saturated heterocycles. The van der Waals surface area contributed by atoms with Gasteiger partial charge in [0.25, 0.3) is 5.91 Å². The normalized spacial score (nSPS) is 19.0. The van der Waals surface area contributed by atoms with Crippen molar-refractivity contribution in [3.8, 4) is 0 Å². The molecule has 0 aliphatic heterocycles. The fourth-order valence-corrected chi connectivity index (χ4v) is 3.20. The molecule has 3 rings (SSSR count). The minimum absolute atomic E-state index is 0.0990. The van der Waals surface area contributed by atoms with E-state index in [4.69, 9.17) is 4.42 Å². The monoisotopic (exact) mass is 340 g/mol. The summed E-state index contributed by atoms with van der Waals surface area (Å²) in [6.07, 6.45) is 1.25. The highest BCUT2D eigenvalue weighted by atomic mass is 16.3. The average Bonchev–Trinajstić information content (AvgIpc) is 3.17. The number of furan rings is 1. The molecular weight excluding hydrogens is 312 g/mol. The number of rotatable bonds is 8. The van der Waals surface area contributed by atoms with Crippen LogP contribution >= 0.6 is 0 Å². The van der Waals surface area contributed by atoms with E-state index >= 15 is 0 Å². The predicted molar refractivity (Wildman–Crippen MR) is 99.5 cm³/mol. The summed E-state index contributed by atoms with van der Waals surface area (Å²) in [5.74, 6) is 3.61. The molecule has 1 aromatic heterocycles. The van der Waals surface area contributed by atoms with Gasteiger partial charge in [0.05, 0.1) is 6.54 Å². The Bertz CT molecular complexity index is 701. The smallest absolute Gasteiger partial charge is 0.253 e. The number of nitrogens with zero attached hydrogens (tertiary/aromatic N) is 1. The summed E-state index contributed by atoms with van der Waals surface area (Å²) >= 11 is 0. The number of carbonyl (C=O) groups is 1. The molecule has 1 N–H and O–H groups in total. The van der Waals surface area contributed by atoms with Gasteiger partial charge in [-0.25, -0.2) is 0 Å². The molecule has 0 radical (unpaired) electrons. The molecule has 25 heavy (non-hydrogen) atoms. The lowest BCUT2D eigenvalue weighted by Crippen LogP contribution is -2.30. The maximum atomic E-state index is 12.3. The molecule has 1 aliphatic carbocycles. The molecule has 0 spiro atoms. The van der Waals surface area contributed by atoms with Crippen LogP contribution in [0.3, 0.4) is 0 Å². The molecule has 1 heterocycles. The van der Waals surface area contributed by atoms with Crippen LogP contribution in [-0.4, -0.2) is 23.9 Å². The number of carbonyl (C=O) groups excluding carboxylic acids is 1. The highest BCUT2D eigenvalue weighted by Gasteiger charge is 2.36. The fraction of sp³-hybridized carbons (Fsp3) is 0.476. The molecule has 2 aromatic rings. The Kier molecular flexibility index (Phi) is 5.59. The first-order valence-corrected chi connectivity index (χ1v) is 9.29. The summed E-state index contributed by atoms with van der Waals surface area (Å²) in [5, 5.41) is 3.41. The summed E-state index contributed by atoms with van der Waals surface area (Å²) in [7, 11) is 0. The van der Waals surface area contributed by atoms with Crippen molar-refractivity contribution in [2.45, 2.75) is 46.2 Å². The molecule has 134 valence electrons. The van der Waals surface area contributed by atoms with Gasteiger partial charge in [-0.15, -0.1) is 0 Å². The van der Waals surface area contributed by atoms with Crippen molar-refractivity contribution >= 4 is 5.91 Å². The van der Waals surface area contributed by atoms with E-state index < -0.39 is 0 Å². The molecule has 0 bridgehead atoms. The lowest BCUT2D eigenvalue weighted by Gasteiger charge is -2.18. The Morgan fingerprint density at radius 1 is 1.12 bits per heavy atom. The molecule has 1 saturated carbocycles. The first kappa shape index (κ1) is 17.7. The summed E-state index contributed by atoms with van der Waals surface area (Å²) < 4.78 is 5.90. The number of hydrogen-bond acceptors (Lipinski definition) is 3. The third-order valence-electron chi connectivity index (χ3n) is 5.04. The van der Waals surface area contributed by atoms with Crippen LogP contribution in [-0.2, 0) is 13.1 Å². The molecule has 1 aromatic carbocycles. The molecule has 4 heteroatoms. The van der Waals surface area contributed by atoms with E-state index in [1.54, 1.807) is 0 Å². The van der Waals surface area contributed by atoms with Gasteiger partial charge in [-0.2, -0.15) is 0 Å². The molecule has 2 unspecified atom stereocenters. The van der Waals surface area contributed by atoms with Gasteiger partial charge in [-0.05, 0) is 56.0 Å². The maximum absolute atomic E-state index is 12.3. The average molecular weight is 340 g/mol. The third-order valence-corrected chi connectivity index (χ3v) is 5.04. The van der Waals surface area contributed by atoms with Gasteiger partial charge in [-0.3, -0.25) is 4.79 Å². The third kappa shape index (κ3) is 4.31. The van der Waals surface area contributed by atoms with Crippen LogP contribution in [0.5, 0.6) is 0 Å². The first-order chi connectivity index (χ1) is 12.1. The van der Waals surface area contributed by atoms with E-state index in [0.29, 0.717) is 5.92 Å². The van der Waals surface area contributed by atoms with E-state index in [1.807, 2.05) is 43.0 Å². The SMILES string of the molecule is CCN(CC)C(=O)c1ccc(CNCc2ccc(C3CC3C)o2)cc1. The van der Waals surface area contributed by atoms with Crippen LogP contribution in [0.15, 0.2) is 40.8 Å². The zero-order valence-corrected chi connectivity index (χ0v) is 15.4. The van der Waals surface area contributed by atoms with Crippen LogP contribution in [0, 0.1) is 5.92 Å². The van der Waals surface area contributed by atoms with Crippen LogP contribution in [0.4, 0.5) is 0 Å². The second-order valence-electron chi connectivity index (χ2n) is 6.90. The van der Waals surface area contributed by atoms with Crippen LogP contribution in [0.25, 0.3) is 0 Å². The minimum Gasteiger partial charge on any atom is -0.464 e. The van der Waals surface area contributed by atoms with Crippen molar-refractivity contribution in [2.24, 2.45) is 5.92 Å². The largest absolute Gasteiger partial charge is 0.464 e. The van der Waals surface area contributed by atoms with Crippen molar-refractivity contribution in [3.63, 3.8) is 0 Å². The van der Waals surface area contributed by atoms with Gasteiger partial charge in [0.15, 0.2) is 0 Å². The van der Waals surface area contributed by atoms with E-state index in [2.05, 4.69) is 24.4 Å². The second-order valence-corrected chi connectivity index (χ2v) is 6.90. The number of benzene rings is 1. The van der Waals surface area contributed by atoms with Crippen molar-refractivity contribution in [1.82, 2.24) is 10.2 Å². The van der Waals surface area contributed by atoms with Gasteiger partial charge in [0.2, 0.25) is 0 Å². The van der Waals surface area contributed by atoms with E-state index in [9.17, 15) is 4.79 Å². The lowest BCUT2D eigenvalue weighted by molar-refractivity contribution is 0.0773. The molecular formula is C21H28N2O2. The van der Waals surface area contributed by atoms with Gasteiger partial charge in [-0.1, -0.05) is 19.1 Å². The fourth-order valence-electron chi connectivity index (χ4n) is 3.20. The summed E-state index contributed by atoms with van der Waals surface area (Å²) in [4.78, 5) is 14.1. The Hall–Kier alpha value is -2.07. The highest BCUT2D eigenvalue weighted by Crippen LogP contribution is 2.47. The summed E-state index contributed by atoms with van der Waals surface area (Å²) in [6, 6.07) is 12.0. The highest BCUT2D eigenvalue weighted by molar-refractivity contribution is 5.94. The second kappa shape index (κ2) is 7.87. The zero-order chi connectivity index (χ0) is 17.8. The number of hydrogen-bond donors (Lipinski definition) is 1. The maximum Gasteiger partial charge on any atom is 0.253 e. The van der Waals surface area contributed by atoms with Gasteiger partial charge in [0, 0.05) is 31.1 Å². The van der Waals surface area contributed by atoms with Gasteiger partial charge in [0.1, 0.15) is 11.5 Å². The Labute approximate surface area is 150 Å². The summed E-state index contributed by atoms with van der Waals surface area (Å²) in [5.41, 5.74) is 1.92. The first-order valence-electron chi connectivity index (χ1n) is 9.29. The lowest BCUT2D eigenvalue weighted by atomic mass is 10.1. The molecule has 1 aliphatic rings. The van der Waals surface area contributed by atoms with Gasteiger partial charge >= 0.3 is 0 Å². The molecule has 4 nitrogen and oxygen atoms in total. The molecule has 1 fully saturated rings. The Balaban J connectivity index is 1.48. The van der Waals surface area contributed by atoms with E-state index in [-0.39, 0.29) is 5.91 Å². The van der Waals surface area contributed by atoms with Crippen molar-refractivity contribution in [2.75, 3.05) is 13.1 Å². The van der Waals surface area contributed by atoms with Crippen molar-refractivity contribution in [3.05, 3.63) is 59.0 Å². The molecule has 2 atom stereocenters. The van der Waals surface area contributed by atoms with Crippen molar-refractivity contribution in [1.29, 1.82) is 0 Å². The van der Waals surface area contributed by atoms with Crippen LogP contribution in [0.1, 0.15) is 60.6 Å². The van der Waals surface area contributed by atoms with E-state index in [0.717, 1.165) is 49.2 Å². The van der Waals surface area contributed by atoms with Crippen molar-refractivity contribution < 1.29 is 9.21 Å². The number of amides is 1. The predicted octanol–water partition coefficient (Wildman–Crippen LogP) is 4.17. The minimum atomic E-state index is 0.0990. The zero-order valence-electron chi connectivity index (χ0n) is 15.4. The Morgan fingerprint density at radius 2 is 1.80 bits per heavy atom. The van der Waals surface area contributed by atoms with Crippen LogP contribution < -0.4 is 5.32 Å². The number of nitrogens with one attached hydrogen (secondary N) is 1. The quantitative estimate of drug-likeness (QED) is 0.784. The van der Waals surface area contributed by atoms with E-state index in [1.165, 1.54) is 12.0 Å².